The van der Waals surface area contributed by atoms with Crippen molar-refractivity contribution >= 4 is 0 Å². The summed E-state index contributed by atoms with van der Waals surface area (Å²) < 4.78 is 5.81. The van der Waals surface area contributed by atoms with Crippen molar-refractivity contribution in [2.24, 2.45) is 11.7 Å². The molecule has 0 spiro atoms. The Morgan fingerprint density at radius 2 is 1.95 bits per heavy atom. The molecule has 19 heavy (non-hydrogen) atoms. The zero-order chi connectivity index (χ0) is 13.7. The standard InChI is InChI=1S/C16H26N2O/c1-13-3-4-14(2)18(12-13)9-10-19-16-7-5-15(11-17)6-8-16/h5-8,13-14H,3-4,9-12,17H2,1-2H3. The first-order chi connectivity index (χ1) is 9.19. The predicted molar refractivity (Wildman–Crippen MR) is 79.3 cm³/mol. The van der Waals surface area contributed by atoms with Gasteiger partial charge >= 0.3 is 0 Å². The summed E-state index contributed by atoms with van der Waals surface area (Å²) in [7, 11) is 0. The van der Waals surface area contributed by atoms with E-state index in [0.717, 1.165) is 30.4 Å². The minimum absolute atomic E-state index is 0.587. The van der Waals surface area contributed by atoms with E-state index in [9.17, 15) is 0 Å². The lowest BCUT2D eigenvalue weighted by Crippen LogP contribution is -2.43. The molecule has 1 fully saturated rings. The Morgan fingerprint density at radius 1 is 1.21 bits per heavy atom. The topological polar surface area (TPSA) is 38.5 Å². The zero-order valence-corrected chi connectivity index (χ0v) is 12.1. The van der Waals surface area contributed by atoms with Crippen molar-refractivity contribution in [3.63, 3.8) is 0 Å². The normalized spacial score (nSPS) is 24.4. The summed E-state index contributed by atoms with van der Waals surface area (Å²) in [5.74, 6) is 1.76. The second-order valence-corrected chi connectivity index (χ2v) is 5.72. The van der Waals surface area contributed by atoms with E-state index in [1.54, 1.807) is 0 Å². The van der Waals surface area contributed by atoms with Gasteiger partial charge in [0.15, 0.2) is 0 Å². The quantitative estimate of drug-likeness (QED) is 0.886. The molecule has 2 rings (SSSR count). The molecule has 0 radical (unpaired) electrons. The van der Waals surface area contributed by atoms with Gasteiger partial charge in [0, 0.05) is 25.7 Å². The molecule has 2 atom stereocenters. The first kappa shape index (κ1) is 14.4. The SMILES string of the molecule is CC1CCC(C)N(CCOc2ccc(CN)cc2)C1. The summed E-state index contributed by atoms with van der Waals surface area (Å²) in [4.78, 5) is 2.54. The third-order valence-corrected chi connectivity index (χ3v) is 4.05. The number of benzene rings is 1. The van der Waals surface area contributed by atoms with E-state index in [1.165, 1.54) is 19.4 Å². The van der Waals surface area contributed by atoms with Crippen molar-refractivity contribution in [1.29, 1.82) is 0 Å². The second-order valence-electron chi connectivity index (χ2n) is 5.72. The lowest BCUT2D eigenvalue weighted by molar-refractivity contribution is 0.105. The lowest BCUT2D eigenvalue weighted by Gasteiger charge is -2.36. The van der Waals surface area contributed by atoms with Crippen molar-refractivity contribution in [3.8, 4) is 5.75 Å². The van der Waals surface area contributed by atoms with Crippen molar-refractivity contribution < 1.29 is 4.74 Å². The van der Waals surface area contributed by atoms with Gasteiger partial charge in [-0.1, -0.05) is 19.1 Å². The highest BCUT2D eigenvalue weighted by Gasteiger charge is 2.22. The van der Waals surface area contributed by atoms with Crippen LogP contribution in [0, 0.1) is 5.92 Å². The van der Waals surface area contributed by atoms with Gasteiger partial charge in [0.1, 0.15) is 12.4 Å². The van der Waals surface area contributed by atoms with Crippen LogP contribution in [0.2, 0.25) is 0 Å². The van der Waals surface area contributed by atoms with Gasteiger partial charge in [-0.25, -0.2) is 0 Å². The highest BCUT2D eigenvalue weighted by Crippen LogP contribution is 2.21. The molecule has 0 aliphatic carbocycles. The van der Waals surface area contributed by atoms with Gasteiger partial charge in [-0.3, -0.25) is 4.90 Å². The summed E-state index contributed by atoms with van der Waals surface area (Å²) >= 11 is 0. The monoisotopic (exact) mass is 262 g/mol. The van der Waals surface area contributed by atoms with Crippen LogP contribution in [0.1, 0.15) is 32.3 Å². The molecule has 0 amide bonds. The van der Waals surface area contributed by atoms with Gasteiger partial charge in [-0.15, -0.1) is 0 Å². The van der Waals surface area contributed by atoms with E-state index >= 15 is 0 Å². The molecule has 1 heterocycles. The van der Waals surface area contributed by atoms with E-state index in [-0.39, 0.29) is 0 Å². The average molecular weight is 262 g/mol. The summed E-state index contributed by atoms with van der Waals surface area (Å²) in [6, 6.07) is 8.76. The number of hydrogen-bond acceptors (Lipinski definition) is 3. The van der Waals surface area contributed by atoms with Gasteiger partial charge < -0.3 is 10.5 Å². The largest absolute Gasteiger partial charge is 0.492 e. The Hall–Kier alpha value is -1.06. The third kappa shape index (κ3) is 4.22. The van der Waals surface area contributed by atoms with E-state index < -0.39 is 0 Å². The molecule has 3 nitrogen and oxygen atoms in total. The van der Waals surface area contributed by atoms with Crippen LogP contribution in [-0.4, -0.2) is 30.6 Å². The van der Waals surface area contributed by atoms with Gasteiger partial charge in [0.25, 0.3) is 0 Å². The molecule has 0 aromatic heterocycles. The van der Waals surface area contributed by atoms with Gasteiger partial charge in [-0.05, 0) is 43.4 Å². The average Bonchev–Trinajstić information content (AvgIpc) is 2.43. The van der Waals surface area contributed by atoms with E-state index in [2.05, 4.69) is 18.7 Å². The highest BCUT2D eigenvalue weighted by molar-refractivity contribution is 5.27. The predicted octanol–water partition coefficient (Wildman–Crippen LogP) is 2.64. The zero-order valence-electron chi connectivity index (χ0n) is 12.1. The molecular weight excluding hydrogens is 236 g/mol. The smallest absolute Gasteiger partial charge is 0.119 e. The molecular formula is C16H26N2O. The molecule has 3 heteroatoms. The fourth-order valence-electron chi connectivity index (χ4n) is 2.69. The Morgan fingerprint density at radius 3 is 2.63 bits per heavy atom. The minimum Gasteiger partial charge on any atom is -0.492 e. The highest BCUT2D eigenvalue weighted by atomic mass is 16.5. The fraction of sp³-hybridized carbons (Fsp3) is 0.625. The Balaban J connectivity index is 1.75. The molecule has 1 aliphatic rings. The van der Waals surface area contributed by atoms with E-state index in [0.29, 0.717) is 12.6 Å². The van der Waals surface area contributed by atoms with Crippen molar-refractivity contribution in [3.05, 3.63) is 29.8 Å². The van der Waals surface area contributed by atoms with E-state index in [1.807, 2.05) is 24.3 Å². The summed E-state index contributed by atoms with van der Waals surface area (Å²) in [5.41, 5.74) is 6.72. The Bertz CT molecular complexity index is 377. The first-order valence-corrected chi connectivity index (χ1v) is 7.35. The molecule has 0 bridgehead atoms. The number of hydrogen-bond donors (Lipinski definition) is 1. The van der Waals surface area contributed by atoms with Crippen molar-refractivity contribution in [2.45, 2.75) is 39.3 Å². The molecule has 0 saturated carbocycles. The Kier molecular flexibility index (Phi) is 5.23. The molecule has 1 saturated heterocycles. The Labute approximate surface area is 116 Å². The maximum atomic E-state index is 5.81. The maximum absolute atomic E-state index is 5.81. The lowest BCUT2D eigenvalue weighted by atomic mass is 9.95. The number of nitrogens with two attached hydrogens (primary N) is 1. The summed E-state index contributed by atoms with van der Waals surface area (Å²) in [6.07, 6.45) is 2.67. The molecule has 2 N–H and O–H groups in total. The fourth-order valence-corrected chi connectivity index (χ4v) is 2.69. The van der Waals surface area contributed by atoms with E-state index in [4.69, 9.17) is 10.5 Å². The second kappa shape index (κ2) is 6.92. The summed E-state index contributed by atoms with van der Waals surface area (Å²) in [5, 5.41) is 0. The van der Waals surface area contributed by atoms with Crippen LogP contribution in [-0.2, 0) is 6.54 Å². The summed E-state index contributed by atoms with van der Waals surface area (Å²) in [6.45, 7) is 8.23. The van der Waals surface area contributed by atoms with Gasteiger partial charge in [-0.2, -0.15) is 0 Å². The van der Waals surface area contributed by atoms with Crippen LogP contribution in [0.25, 0.3) is 0 Å². The van der Waals surface area contributed by atoms with Gasteiger partial charge in [0.2, 0.25) is 0 Å². The van der Waals surface area contributed by atoms with Crippen LogP contribution in [0.15, 0.2) is 24.3 Å². The number of rotatable bonds is 5. The molecule has 106 valence electrons. The van der Waals surface area contributed by atoms with Crippen LogP contribution in [0.3, 0.4) is 0 Å². The van der Waals surface area contributed by atoms with Crippen LogP contribution < -0.4 is 10.5 Å². The number of ether oxygens (including phenoxy) is 1. The first-order valence-electron chi connectivity index (χ1n) is 7.35. The molecule has 1 aromatic rings. The molecule has 1 aliphatic heterocycles. The third-order valence-electron chi connectivity index (χ3n) is 4.05. The number of piperidine rings is 1. The van der Waals surface area contributed by atoms with Gasteiger partial charge in [0.05, 0.1) is 0 Å². The molecule has 2 unspecified atom stereocenters. The number of likely N-dealkylation sites (tertiary alicyclic amines) is 1. The number of nitrogens with zero attached hydrogens (tertiary/aromatic N) is 1. The van der Waals surface area contributed by atoms with Crippen molar-refractivity contribution in [1.82, 2.24) is 4.90 Å². The molecule has 1 aromatic carbocycles. The van der Waals surface area contributed by atoms with Crippen LogP contribution in [0.5, 0.6) is 5.75 Å². The minimum atomic E-state index is 0.587. The van der Waals surface area contributed by atoms with Crippen LogP contribution >= 0.6 is 0 Å². The van der Waals surface area contributed by atoms with Crippen molar-refractivity contribution in [2.75, 3.05) is 19.7 Å². The van der Waals surface area contributed by atoms with Crippen LogP contribution in [0.4, 0.5) is 0 Å². The maximum Gasteiger partial charge on any atom is 0.119 e.